The summed E-state index contributed by atoms with van der Waals surface area (Å²) in [7, 11) is 1.53. The van der Waals surface area contributed by atoms with Crippen LogP contribution < -0.4 is 15.0 Å². The van der Waals surface area contributed by atoms with E-state index in [2.05, 4.69) is 5.32 Å². The Morgan fingerprint density at radius 2 is 1.45 bits per heavy atom. The van der Waals surface area contributed by atoms with Gasteiger partial charge in [0.15, 0.2) is 5.78 Å². The van der Waals surface area contributed by atoms with Crippen molar-refractivity contribution in [3.05, 3.63) is 101 Å². The maximum atomic E-state index is 12.9. The van der Waals surface area contributed by atoms with Crippen LogP contribution in [0.1, 0.15) is 15.9 Å². The lowest BCUT2D eigenvalue weighted by atomic mass is 10.0. The van der Waals surface area contributed by atoms with Crippen molar-refractivity contribution in [1.29, 1.82) is 0 Å². The van der Waals surface area contributed by atoms with Gasteiger partial charge in [0.25, 0.3) is 11.8 Å². The number of imide groups is 1. The first-order chi connectivity index (χ1) is 15.0. The maximum absolute atomic E-state index is 12.9. The van der Waals surface area contributed by atoms with Gasteiger partial charge in [-0.2, -0.15) is 0 Å². The highest BCUT2D eigenvalue weighted by Crippen LogP contribution is 2.31. The summed E-state index contributed by atoms with van der Waals surface area (Å²) in [5.74, 6) is -0.688. The zero-order valence-corrected chi connectivity index (χ0v) is 17.2. The number of anilines is 2. The van der Waals surface area contributed by atoms with Crippen molar-refractivity contribution >= 4 is 40.6 Å². The third-order valence-corrected chi connectivity index (χ3v) is 5.16. The highest BCUT2D eigenvalue weighted by molar-refractivity contribution is 6.53. The molecule has 3 aromatic rings. The number of ketones is 1. The molecule has 1 heterocycles. The van der Waals surface area contributed by atoms with Gasteiger partial charge in [-0.25, -0.2) is 4.90 Å². The molecular formula is C24H17ClN2O4. The van der Waals surface area contributed by atoms with Crippen molar-refractivity contribution < 1.29 is 19.1 Å². The van der Waals surface area contributed by atoms with Crippen LogP contribution in [-0.4, -0.2) is 24.7 Å². The lowest BCUT2D eigenvalue weighted by Crippen LogP contribution is -2.32. The number of halogens is 1. The van der Waals surface area contributed by atoms with Gasteiger partial charge in [0.1, 0.15) is 16.5 Å². The molecule has 0 aliphatic carbocycles. The second kappa shape index (κ2) is 8.45. The lowest BCUT2D eigenvalue weighted by molar-refractivity contribution is -0.120. The summed E-state index contributed by atoms with van der Waals surface area (Å²) in [6.45, 7) is 0. The summed E-state index contributed by atoms with van der Waals surface area (Å²) in [4.78, 5) is 39.0. The van der Waals surface area contributed by atoms with E-state index in [1.165, 1.54) is 7.11 Å². The molecule has 0 unspecified atom stereocenters. The molecule has 0 saturated heterocycles. The number of benzene rings is 3. The van der Waals surface area contributed by atoms with E-state index in [-0.39, 0.29) is 16.5 Å². The molecule has 0 spiro atoms. The first kappa shape index (κ1) is 20.4. The zero-order valence-electron chi connectivity index (χ0n) is 16.5. The van der Waals surface area contributed by atoms with E-state index < -0.39 is 11.8 Å². The van der Waals surface area contributed by atoms with Crippen LogP contribution in [0.25, 0.3) is 0 Å². The third kappa shape index (κ3) is 3.93. The van der Waals surface area contributed by atoms with Crippen LogP contribution in [0.15, 0.2) is 89.6 Å². The molecule has 1 N–H and O–H groups in total. The number of nitrogens with zero attached hydrogens (tertiary/aromatic N) is 1. The number of hydrogen-bond donors (Lipinski definition) is 1. The van der Waals surface area contributed by atoms with E-state index in [1.807, 2.05) is 6.07 Å². The highest BCUT2D eigenvalue weighted by Gasteiger charge is 2.38. The number of carbonyl (C=O) groups is 3. The average molecular weight is 433 g/mol. The number of amides is 2. The summed E-state index contributed by atoms with van der Waals surface area (Å²) >= 11 is 6.16. The number of hydrogen-bond acceptors (Lipinski definition) is 5. The van der Waals surface area contributed by atoms with E-state index >= 15 is 0 Å². The number of nitrogens with one attached hydrogen (secondary N) is 1. The minimum Gasteiger partial charge on any atom is -0.497 e. The molecule has 3 aromatic carbocycles. The van der Waals surface area contributed by atoms with E-state index in [4.69, 9.17) is 16.3 Å². The van der Waals surface area contributed by atoms with Crippen molar-refractivity contribution in [1.82, 2.24) is 0 Å². The van der Waals surface area contributed by atoms with E-state index in [1.54, 1.807) is 72.8 Å². The SMILES string of the molecule is COc1ccc(N2C(=O)C(Cl)=C(Nc3ccc(C(=O)c4ccccc4)cc3)C2=O)cc1. The lowest BCUT2D eigenvalue weighted by Gasteiger charge is -2.15. The van der Waals surface area contributed by atoms with Gasteiger partial charge in [-0.3, -0.25) is 14.4 Å². The molecule has 2 amide bonds. The summed E-state index contributed by atoms with van der Waals surface area (Å²) in [6.07, 6.45) is 0. The highest BCUT2D eigenvalue weighted by atomic mass is 35.5. The normalized spacial score (nSPS) is 13.5. The summed E-state index contributed by atoms with van der Waals surface area (Å²) in [5.41, 5.74) is 1.97. The molecule has 0 atom stereocenters. The predicted octanol–water partition coefficient (Wildman–Crippen LogP) is 4.36. The molecule has 0 fully saturated rings. The monoisotopic (exact) mass is 432 g/mol. The Morgan fingerprint density at radius 1 is 0.839 bits per heavy atom. The van der Waals surface area contributed by atoms with E-state index in [0.29, 0.717) is 28.3 Å². The largest absolute Gasteiger partial charge is 0.497 e. The van der Waals surface area contributed by atoms with Crippen molar-refractivity contribution in [2.75, 3.05) is 17.3 Å². The fourth-order valence-corrected chi connectivity index (χ4v) is 3.40. The van der Waals surface area contributed by atoms with Crippen LogP contribution in [0, 0.1) is 0 Å². The maximum Gasteiger partial charge on any atom is 0.283 e. The van der Waals surface area contributed by atoms with Crippen molar-refractivity contribution in [2.45, 2.75) is 0 Å². The molecule has 154 valence electrons. The van der Waals surface area contributed by atoms with Gasteiger partial charge >= 0.3 is 0 Å². The van der Waals surface area contributed by atoms with Gasteiger partial charge in [-0.1, -0.05) is 41.9 Å². The Morgan fingerprint density at radius 3 is 2.06 bits per heavy atom. The number of methoxy groups -OCH3 is 1. The Kier molecular flexibility index (Phi) is 5.56. The van der Waals surface area contributed by atoms with Crippen LogP contribution in [0.2, 0.25) is 0 Å². The fourth-order valence-electron chi connectivity index (χ4n) is 3.18. The van der Waals surface area contributed by atoms with Crippen LogP contribution in [0.5, 0.6) is 5.75 Å². The Labute approximate surface area is 183 Å². The molecule has 0 radical (unpaired) electrons. The molecule has 0 bridgehead atoms. The minimum absolute atomic E-state index is 0.0235. The second-order valence-corrected chi connectivity index (χ2v) is 7.11. The summed E-state index contributed by atoms with van der Waals surface area (Å²) < 4.78 is 5.10. The van der Waals surface area contributed by atoms with Crippen LogP contribution in [-0.2, 0) is 9.59 Å². The standard InChI is InChI=1S/C24H17ClN2O4/c1-31-19-13-11-18(12-14-19)27-23(29)20(25)21(24(27)30)26-17-9-7-16(8-10-17)22(28)15-5-3-2-4-6-15/h2-14,26H,1H3. The number of rotatable bonds is 6. The molecule has 7 heteroatoms. The third-order valence-electron chi connectivity index (χ3n) is 4.81. The first-order valence-corrected chi connectivity index (χ1v) is 9.77. The zero-order chi connectivity index (χ0) is 22.0. The number of ether oxygens (including phenoxy) is 1. The van der Waals surface area contributed by atoms with Gasteiger partial charge in [-0.15, -0.1) is 0 Å². The van der Waals surface area contributed by atoms with Crippen molar-refractivity contribution in [2.24, 2.45) is 0 Å². The predicted molar refractivity (Wildman–Crippen MR) is 118 cm³/mol. The van der Waals surface area contributed by atoms with Crippen molar-refractivity contribution in [3.8, 4) is 5.75 Å². The molecule has 1 aliphatic rings. The van der Waals surface area contributed by atoms with Crippen LogP contribution in [0.4, 0.5) is 11.4 Å². The Bertz CT molecular complexity index is 1190. The molecule has 4 rings (SSSR count). The van der Waals surface area contributed by atoms with Crippen LogP contribution in [0.3, 0.4) is 0 Å². The average Bonchev–Trinajstić information content (AvgIpc) is 3.03. The number of carbonyl (C=O) groups excluding carboxylic acids is 3. The fraction of sp³-hybridized carbons (Fsp3) is 0.0417. The van der Waals surface area contributed by atoms with E-state index in [9.17, 15) is 14.4 Å². The smallest absolute Gasteiger partial charge is 0.283 e. The van der Waals surface area contributed by atoms with Gasteiger partial charge < -0.3 is 10.1 Å². The summed E-state index contributed by atoms with van der Waals surface area (Å²) in [5, 5.41) is 2.70. The molecular weight excluding hydrogens is 416 g/mol. The molecule has 31 heavy (non-hydrogen) atoms. The molecule has 1 aliphatic heterocycles. The Balaban J connectivity index is 1.52. The molecule has 6 nitrogen and oxygen atoms in total. The Hall–Kier alpha value is -3.90. The van der Waals surface area contributed by atoms with Gasteiger partial charge in [-0.05, 0) is 48.5 Å². The quantitative estimate of drug-likeness (QED) is 0.462. The first-order valence-electron chi connectivity index (χ1n) is 9.39. The van der Waals surface area contributed by atoms with Crippen LogP contribution >= 0.6 is 11.6 Å². The molecule has 0 aromatic heterocycles. The molecule has 0 saturated carbocycles. The van der Waals surface area contributed by atoms with Crippen molar-refractivity contribution in [3.63, 3.8) is 0 Å². The van der Waals surface area contributed by atoms with E-state index in [0.717, 1.165) is 4.90 Å². The van der Waals surface area contributed by atoms with Gasteiger partial charge in [0.05, 0.1) is 12.8 Å². The van der Waals surface area contributed by atoms with Gasteiger partial charge in [0.2, 0.25) is 0 Å². The second-order valence-electron chi connectivity index (χ2n) is 6.73. The summed E-state index contributed by atoms with van der Waals surface area (Å²) in [6, 6.07) is 22.0. The topological polar surface area (TPSA) is 75.7 Å². The van der Waals surface area contributed by atoms with Gasteiger partial charge in [0, 0.05) is 16.8 Å². The minimum atomic E-state index is -0.616.